The normalized spacial score (nSPS) is 16.8. The van der Waals surface area contributed by atoms with E-state index >= 15 is 0 Å². The summed E-state index contributed by atoms with van der Waals surface area (Å²) >= 11 is 1.31. The number of nitrogens with zero attached hydrogens (tertiary/aromatic N) is 2. The highest BCUT2D eigenvalue weighted by Crippen LogP contribution is 2.26. The van der Waals surface area contributed by atoms with E-state index in [0.717, 1.165) is 29.7 Å². The van der Waals surface area contributed by atoms with Crippen LogP contribution in [0.4, 0.5) is 5.69 Å². The molecule has 2 amide bonds. The summed E-state index contributed by atoms with van der Waals surface area (Å²) in [4.78, 5) is 30.8. The van der Waals surface area contributed by atoms with Crippen LogP contribution in [0.2, 0.25) is 0 Å². The Bertz CT molecular complexity index is 984. The van der Waals surface area contributed by atoms with Crippen molar-refractivity contribution in [2.75, 3.05) is 17.2 Å². The Morgan fingerprint density at radius 2 is 1.87 bits per heavy atom. The molecule has 1 aliphatic carbocycles. The van der Waals surface area contributed by atoms with Crippen molar-refractivity contribution in [1.82, 2.24) is 5.32 Å². The van der Waals surface area contributed by atoms with E-state index in [1.165, 1.54) is 35.7 Å². The van der Waals surface area contributed by atoms with Crippen molar-refractivity contribution in [3.63, 3.8) is 0 Å². The Hall–Kier alpha value is -2.60. The van der Waals surface area contributed by atoms with Crippen LogP contribution < -0.4 is 10.2 Å². The summed E-state index contributed by atoms with van der Waals surface area (Å²) in [6, 6.07) is 14.3. The van der Waals surface area contributed by atoms with E-state index in [-0.39, 0.29) is 30.2 Å². The minimum absolute atomic E-state index is 0.0503. The molecule has 0 saturated heterocycles. The number of anilines is 1. The molecular weight excluding hydrogens is 394 g/mol. The van der Waals surface area contributed by atoms with Crippen LogP contribution in [0, 0.1) is 6.92 Å². The van der Waals surface area contributed by atoms with Crippen LogP contribution in [0.15, 0.2) is 47.5 Å². The maximum absolute atomic E-state index is 12.6. The van der Waals surface area contributed by atoms with Crippen LogP contribution >= 0.6 is 11.8 Å². The topological polar surface area (TPSA) is 61.8 Å². The lowest BCUT2D eigenvalue weighted by Crippen LogP contribution is -2.33. The Labute approximate surface area is 182 Å². The molecule has 0 radical (unpaired) electrons. The molecule has 1 atom stereocenters. The second-order valence-corrected chi connectivity index (χ2v) is 8.92. The molecular formula is C24H27N3O2S. The van der Waals surface area contributed by atoms with Gasteiger partial charge in [0, 0.05) is 0 Å². The summed E-state index contributed by atoms with van der Waals surface area (Å²) in [6.45, 7) is 4.15. The lowest BCUT2D eigenvalue weighted by molar-refractivity contribution is -0.119. The van der Waals surface area contributed by atoms with Gasteiger partial charge in [0.1, 0.15) is 6.54 Å². The van der Waals surface area contributed by atoms with Gasteiger partial charge in [0.2, 0.25) is 5.91 Å². The third-order valence-corrected chi connectivity index (χ3v) is 6.64. The molecule has 156 valence electrons. The zero-order chi connectivity index (χ0) is 21.1. The molecule has 0 saturated carbocycles. The average molecular weight is 422 g/mol. The smallest absolute Gasteiger partial charge is 0.254 e. The van der Waals surface area contributed by atoms with E-state index in [0.29, 0.717) is 5.17 Å². The fourth-order valence-electron chi connectivity index (χ4n) is 3.96. The molecule has 6 heteroatoms. The van der Waals surface area contributed by atoms with Gasteiger partial charge in [-0.25, -0.2) is 0 Å². The first-order valence-corrected chi connectivity index (χ1v) is 11.5. The Balaban J connectivity index is 1.35. The number of nitrogens with one attached hydrogen (secondary N) is 1. The molecule has 1 aliphatic heterocycles. The fraction of sp³-hybridized carbons (Fsp3) is 0.375. The van der Waals surface area contributed by atoms with Crippen LogP contribution in [0.3, 0.4) is 0 Å². The lowest BCUT2D eigenvalue weighted by atomic mass is 9.89. The minimum atomic E-state index is -0.0656. The van der Waals surface area contributed by atoms with Gasteiger partial charge in [0.05, 0.1) is 17.5 Å². The third kappa shape index (κ3) is 4.59. The average Bonchev–Trinajstić information content (AvgIpc) is 3.13. The van der Waals surface area contributed by atoms with Crippen molar-refractivity contribution < 1.29 is 9.59 Å². The summed E-state index contributed by atoms with van der Waals surface area (Å²) in [7, 11) is 0. The molecule has 0 bridgehead atoms. The van der Waals surface area contributed by atoms with Crippen molar-refractivity contribution in [2.45, 2.75) is 45.6 Å². The number of carbonyl (C=O) groups is 2. The van der Waals surface area contributed by atoms with Crippen molar-refractivity contribution in [3.05, 3.63) is 64.7 Å². The minimum Gasteiger partial charge on any atom is -0.349 e. The first-order valence-electron chi connectivity index (χ1n) is 10.5. The second-order valence-electron chi connectivity index (χ2n) is 7.98. The predicted octanol–water partition coefficient (Wildman–Crippen LogP) is 4.19. The third-order valence-electron chi connectivity index (χ3n) is 5.66. The molecule has 1 heterocycles. The summed E-state index contributed by atoms with van der Waals surface area (Å²) in [5, 5.41) is 3.67. The zero-order valence-electron chi connectivity index (χ0n) is 17.5. The van der Waals surface area contributed by atoms with Gasteiger partial charge in [-0.3, -0.25) is 19.5 Å². The van der Waals surface area contributed by atoms with Crippen molar-refractivity contribution in [3.8, 4) is 0 Å². The van der Waals surface area contributed by atoms with Crippen molar-refractivity contribution >= 4 is 34.4 Å². The molecule has 30 heavy (non-hydrogen) atoms. The molecule has 0 fully saturated rings. The number of fused-ring (bicyclic) bond motifs is 1. The lowest BCUT2D eigenvalue weighted by Gasteiger charge is -2.20. The van der Waals surface area contributed by atoms with Crippen molar-refractivity contribution in [1.29, 1.82) is 0 Å². The first kappa shape index (κ1) is 20.7. The number of carbonyl (C=O) groups excluding carboxylic acids is 2. The van der Waals surface area contributed by atoms with Crippen LogP contribution in [0.1, 0.15) is 48.1 Å². The first-order chi connectivity index (χ1) is 14.5. The van der Waals surface area contributed by atoms with Gasteiger partial charge in [0.15, 0.2) is 5.17 Å². The molecule has 0 aromatic heterocycles. The molecule has 0 unspecified atom stereocenters. The number of amides is 2. The number of aliphatic imine (C=N–C) groups is 1. The van der Waals surface area contributed by atoms with Gasteiger partial charge in [-0.15, -0.1) is 0 Å². The van der Waals surface area contributed by atoms with Gasteiger partial charge in [0.25, 0.3) is 5.91 Å². The van der Waals surface area contributed by atoms with Crippen LogP contribution in [-0.2, 0) is 22.4 Å². The molecule has 4 rings (SSSR count). The Morgan fingerprint density at radius 3 is 2.63 bits per heavy atom. The largest absolute Gasteiger partial charge is 0.349 e. The summed E-state index contributed by atoms with van der Waals surface area (Å²) < 4.78 is 0. The van der Waals surface area contributed by atoms with E-state index in [4.69, 9.17) is 0 Å². The number of amidine groups is 1. The van der Waals surface area contributed by atoms with E-state index < -0.39 is 0 Å². The number of rotatable bonds is 5. The van der Waals surface area contributed by atoms with Crippen LogP contribution in [0.5, 0.6) is 0 Å². The maximum atomic E-state index is 12.6. The van der Waals surface area contributed by atoms with E-state index in [1.807, 2.05) is 38.1 Å². The van der Waals surface area contributed by atoms with E-state index in [1.54, 1.807) is 4.90 Å². The highest BCUT2D eigenvalue weighted by Gasteiger charge is 2.28. The van der Waals surface area contributed by atoms with E-state index in [9.17, 15) is 9.59 Å². The molecule has 2 aromatic rings. The monoisotopic (exact) mass is 421 g/mol. The number of hydrogen-bond donors (Lipinski definition) is 1. The molecule has 1 N–H and O–H groups in total. The molecule has 2 aromatic carbocycles. The van der Waals surface area contributed by atoms with Gasteiger partial charge in [-0.05, 0) is 68.4 Å². The highest BCUT2D eigenvalue weighted by molar-refractivity contribution is 8.14. The second kappa shape index (κ2) is 9.04. The molecule has 2 aliphatic rings. The number of aryl methyl sites for hydroxylation is 3. The maximum Gasteiger partial charge on any atom is 0.254 e. The van der Waals surface area contributed by atoms with Crippen LogP contribution in [-0.4, -0.2) is 29.3 Å². The number of hydrogen-bond acceptors (Lipinski definition) is 4. The zero-order valence-corrected chi connectivity index (χ0v) is 18.3. The molecule has 5 nitrogen and oxygen atoms in total. The standard InChI is InChI=1S/C24H27N3O2S/c1-16-7-11-21(12-8-16)27-23(29)14-25-24(27)30-15-22(28)26-17(2)19-10-9-18-5-3-4-6-20(18)13-19/h7-13,17H,3-6,14-15H2,1-2H3,(H,26,28)/t17-/m0/s1. The summed E-state index contributed by atoms with van der Waals surface area (Å²) in [6.07, 6.45) is 4.79. The summed E-state index contributed by atoms with van der Waals surface area (Å²) in [5.74, 6) is 0.101. The highest BCUT2D eigenvalue weighted by atomic mass is 32.2. The van der Waals surface area contributed by atoms with Crippen LogP contribution in [0.25, 0.3) is 0 Å². The quantitative estimate of drug-likeness (QED) is 0.788. The van der Waals surface area contributed by atoms with E-state index in [2.05, 4.69) is 28.5 Å². The van der Waals surface area contributed by atoms with Gasteiger partial charge >= 0.3 is 0 Å². The fourth-order valence-corrected chi connectivity index (χ4v) is 4.80. The predicted molar refractivity (Wildman–Crippen MR) is 123 cm³/mol. The van der Waals surface area contributed by atoms with Gasteiger partial charge in [-0.1, -0.05) is 47.7 Å². The number of thioether (sulfide) groups is 1. The SMILES string of the molecule is Cc1ccc(N2C(=O)CN=C2SCC(=O)N[C@@H](C)c2ccc3c(c2)CCCC3)cc1. The summed E-state index contributed by atoms with van der Waals surface area (Å²) in [5.41, 5.74) is 5.92. The van der Waals surface area contributed by atoms with Gasteiger partial charge in [-0.2, -0.15) is 0 Å². The van der Waals surface area contributed by atoms with Gasteiger partial charge < -0.3 is 5.32 Å². The van der Waals surface area contributed by atoms with Crippen molar-refractivity contribution in [2.24, 2.45) is 4.99 Å². The molecule has 0 spiro atoms. The Kier molecular flexibility index (Phi) is 6.23. The number of benzene rings is 2. The Morgan fingerprint density at radius 1 is 1.13 bits per heavy atom.